The van der Waals surface area contributed by atoms with Gasteiger partial charge in [0, 0.05) is 25.5 Å². The van der Waals surface area contributed by atoms with Crippen molar-refractivity contribution in [1.29, 1.82) is 0 Å². The Morgan fingerprint density at radius 1 is 1.33 bits per heavy atom. The average molecular weight is 386 g/mol. The predicted octanol–water partition coefficient (Wildman–Crippen LogP) is 3.02. The topological polar surface area (TPSA) is 71.8 Å². The first kappa shape index (κ1) is 17.6. The molecule has 0 atom stereocenters. The normalized spacial score (nSPS) is 13.3. The van der Waals surface area contributed by atoms with E-state index >= 15 is 0 Å². The highest BCUT2D eigenvalue weighted by Crippen LogP contribution is 2.17. The molecule has 3 aromatic rings. The van der Waals surface area contributed by atoms with Gasteiger partial charge in [-0.3, -0.25) is 9.78 Å². The third-order valence-corrected chi connectivity index (χ3v) is 4.72. The number of amides is 1. The molecular formula is C19H17ClFN5O. The van der Waals surface area contributed by atoms with Crippen LogP contribution in [-0.4, -0.2) is 27.0 Å². The largest absolute Gasteiger partial charge is 0.331 e. The Morgan fingerprint density at radius 2 is 2.22 bits per heavy atom. The van der Waals surface area contributed by atoms with Crippen molar-refractivity contribution in [2.75, 3.05) is 11.9 Å². The van der Waals surface area contributed by atoms with E-state index in [0.717, 1.165) is 36.3 Å². The smallest absolute Gasteiger partial charge is 0.258 e. The number of carbonyl (C=O) groups excluding carboxylic acids is 1. The third-order valence-electron chi connectivity index (χ3n) is 4.41. The van der Waals surface area contributed by atoms with E-state index in [1.807, 2.05) is 6.07 Å². The Labute approximate surface area is 160 Å². The summed E-state index contributed by atoms with van der Waals surface area (Å²) in [5, 5.41) is 6.11. The summed E-state index contributed by atoms with van der Waals surface area (Å²) < 4.78 is 15.3. The van der Waals surface area contributed by atoms with E-state index in [-0.39, 0.29) is 10.9 Å². The number of anilines is 1. The summed E-state index contributed by atoms with van der Waals surface area (Å²) >= 11 is 5.70. The summed E-state index contributed by atoms with van der Waals surface area (Å²) in [5.41, 5.74) is 3.33. The van der Waals surface area contributed by atoms with Crippen LogP contribution in [0.5, 0.6) is 0 Å². The van der Waals surface area contributed by atoms with Gasteiger partial charge in [-0.05, 0) is 42.3 Å². The van der Waals surface area contributed by atoms with Crippen molar-refractivity contribution in [2.24, 2.45) is 0 Å². The number of pyridine rings is 1. The van der Waals surface area contributed by atoms with E-state index in [4.69, 9.17) is 11.6 Å². The van der Waals surface area contributed by atoms with Crippen molar-refractivity contribution in [3.8, 4) is 0 Å². The summed E-state index contributed by atoms with van der Waals surface area (Å²) in [6, 6.07) is 6.53. The molecule has 3 heterocycles. The zero-order valence-electron chi connectivity index (χ0n) is 14.4. The van der Waals surface area contributed by atoms with Crippen molar-refractivity contribution in [3.63, 3.8) is 0 Å². The molecular weight excluding hydrogens is 369 g/mol. The number of nitrogens with one attached hydrogen (secondary N) is 2. The summed E-state index contributed by atoms with van der Waals surface area (Å²) in [7, 11) is 0. The number of halogens is 2. The molecule has 2 N–H and O–H groups in total. The molecule has 8 heteroatoms. The number of rotatable bonds is 4. The summed E-state index contributed by atoms with van der Waals surface area (Å²) in [6.07, 6.45) is 5.71. The molecule has 1 aromatic carbocycles. The Balaban J connectivity index is 1.44. The van der Waals surface area contributed by atoms with E-state index in [1.165, 1.54) is 12.1 Å². The van der Waals surface area contributed by atoms with Crippen LogP contribution < -0.4 is 10.6 Å². The fourth-order valence-electron chi connectivity index (χ4n) is 3.02. The average Bonchev–Trinajstić information content (AvgIpc) is 3.11. The molecule has 0 bridgehead atoms. The van der Waals surface area contributed by atoms with Gasteiger partial charge < -0.3 is 15.2 Å². The first-order valence-corrected chi connectivity index (χ1v) is 8.92. The number of benzene rings is 1. The molecule has 4 rings (SSSR count). The van der Waals surface area contributed by atoms with Crippen LogP contribution in [0.2, 0.25) is 5.02 Å². The first-order valence-electron chi connectivity index (χ1n) is 8.54. The maximum Gasteiger partial charge on any atom is 0.258 e. The van der Waals surface area contributed by atoms with Crippen molar-refractivity contribution in [1.82, 2.24) is 19.9 Å². The molecule has 1 amide bonds. The number of fused-ring (bicyclic) bond motifs is 1. The van der Waals surface area contributed by atoms with Gasteiger partial charge in [0.25, 0.3) is 5.91 Å². The van der Waals surface area contributed by atoms with Crippen LogP contribution in [-0.2, 0) is 19.5 Å². The molecule has 0 saturated heterocycles. The van der Waals surface area contributed by atoms with Crippen LogP contribution >= 0.6 is 11.6 Å². The van der Waals surface area contributed by atoms with Crippen molar-refractivity contribution in [3.05, 3.63) is 76.2 Å². The van der Waals surface area contributed by atoms with Crippen LogP contribution in [0.1, 0.15) is 27.2 Å². The van der Waals surface area contributed by atoms with Crippen molar-refractivity contribution >= 4 is 23.3 Å². The zero-order valence-corrected chi connectivity index (χ0v) is 15.1. The lowest BCUT2D eigenvalue weighted by molar-refractivity contribution is 0.102. The fraction of sp³-hybridized carbons (Fsp3) is 0.211. The Morgan fingerprint density at radius 3 is 3.07 bits per heavy atom. The fourth-order valence-corrected chi connectivity index (χ4v) is 3.13. The zero-order chi connectivity index (χ0) is 18.8. The number of carbonyl (C=O) groups is 1. The predicted molar refractivity (Wildman–Crippen MR) is 100 cm³/mol. The van der Waals surface area contributed by atoms with Crippen LogP contribution in [0, 0.1) is 5.82 Å². The second-order valence-corrected chi connectivity index (χ2v) is 6.80. The lowest BCUT2D eigenvalue weighted by atomic mass is 10.0. The van der Waals surface area contributed by atoms with Gasteiger partial charge in [0.15, 0.2) is 5.82 Å². The van der Waals surface area contributed by atoms with E-state index in [2.05, 4.69) is 20.6 Å². The third kappa shape index (κ3) is 3.99. The van der Waals surface area contributed by atoms with E-state index in [0.29, 0.717) is 17.9 Å². The van der Waals surface area contributed by atoms with Gasteiger partial charge in [-0.15, -0.1) is 0 Å². The van der Waals surface area contributed by atoms with Gasteiger partial charge in [-0.25, -0.2) is 9.37 Å². The molecule has 0 fully saturated rings. The monoisotopic (exact) mass is 385 g/mol. The van der Waals surface area contributed by atoms with E-state index in [1.54, 1.807) is 29.4 Å². The van der Waals surface area contributed by atoms with Crippen LogP contribution in [0.3, 0.4) is 0 Å². The molecule has 0 unspecified atom stereocenters. The van der Waals surface area contributed by atoms with Gasteiger partial charge in [-0.1, -0.05) is 17.7 Å². The van der Waals surface area contributed by atoms with Gasteiger partial charge in [0.05, 0.1) is 22.6 Å². The standard InChI is InChI=1S/C19H17ClFN5O/c20-15-2-1-12(5-16(15)21)9-26-10-18(24-11-26)25-19(27)14-6-13-3-4-22-8-17(13)23-7-14/h1-2,5-7,10-11,22H,3-4,8-9H2,(H,25,27). The molecule has 0 spiro atoms. The SMILES string of the molecule is O=C(Nc1cn(Cc2ccc(Cl)c(F)c2)cn1)c1cnc2c(c1)CCNC2. The highest BCUT2D eigenvalue weighted by Gasteiger charge is 2.14. The summed E-state index contributed by atoms with van der Waals surface area (Å²) in [4.78, 5) is 21.0. The molecule has 6 nitrogen and oxygen atoms in total. The van der Waals surface area contributed by atoms with Gasteiger partial charge in [0.1, 0.15) is 5.82 Å². The van der Waals surface area contributed by atoms with Gasteiger partial charge in [0.2, 0.25) is 0 Å². The highest BCUT2D eigenvalue weighted by atomic mass is 35.5. The Hall–Kier alpha value is -2.77. The maximum atomic E-state index is 13.5. The number of nitrogens with zero attached hydrogens (tertiary/aromatic N) is 3. The van der Waals surface area contributed by atoms with Crippen LogP contribution in [0.4, 0.5) is 10.2 Å². The van der Waals surface area contributed by atoms with E-state index < -0.39 is 5.82 Å². The lowest BCUT2D eigenvalue weighted by Gasteiger charge is -2.16. The lowest BCUT2D eigenvalue weighted by Crippen LogP contribution is -2.25. The van der Waals surface area contributed by atoms with Crippen LogP contribution in [0.25, 0.3) is 0 Å². The molecule has 27 heavy (non-hydrogen) atoms. The number of aromatic nitrogens is 3. The number of hydrogen-bond acceptors (Lipinski definition) is 4. The van der Waals surface area contributed by atoms with Crippen molar-refractivity contribution in [2.45, 2.75) is 19.5 Å². The second-order valence-electron chi connectivity index (χ2n) is 6.39. The van der Waals surface area contributed by atoms with Crippen LogP contribution in [0.15, 0.2) is 43.0 Å². The Bertz CT molecular complexity index is 1000. The minimum atomic E-state index is -0.460. The quantitative estimate of drug-likeness (QED) is 0.724. The molecule has 0 radical (unpaired) electrons. The second kappa shape index (κ2) is 7.46. The molecule has 1 aliphatic heterocycles. The molecule has 0 saturated carbocycles. The summed E-state index contributed by atoms with van der Waals surface area (Å²) in [6.45, 7) is 2.03. The number of imidazole rings is 1. The molecule has 1 aliphatic rings. The molecule has 0 aliphatic carbocycles. The highest BCUT2D eigenvalue weighted by molar-refractivity contribution is 6.30. The van der Waals surface area contributed by atoms with Crippen molar-refractivity contribution < 1.29 is 9.18 Å². The molecule has 138 valence electrons. The maximum absolute atomic E-state index is 13.5. The minimum absolute atomic E-state index is 0.0896. The van der Waals surface area contributed by atoms with Gasteiger partial charge >= 0.3 is 0 Å². The van der Waals surface area contributed by atoms with E-state index in [9.17, 15) is 9.18 Å². The Kier molecular flexibility index (Phi) is 4.87. The minimum Gasteiger partial charge on any atom is -0.331 e. The summed E-state index contributed by atoms with van der Waals surface area (Å²) in [5.74, 6) is -0.293. The number of hydrogen-bond donors (Lipinski definition) is 2. The molecule has 2 aromatic heterocycles. The van der Waals surface area contributed by atoms with Gasteiger partial charge in [-0.2, -0.15) is 0 Å². The first-order chi connectivity index (χ1) is 13.1.